The number of aryl methyl sites for hydroxylation is 1. The fourth-order valence-corrected chi connectivity index (χ4v) is 1.82. The highest BCUT2D eigenvalue weighted by atomic mass is 16.5. The predicted octanol–water partition coefficient (Wildman–Crippen LogP) is 0.126. The zero-order valence-corrected chi connectivity index (χ0v) is 10.2. The topological polar surface area (TPSA) is 67.4 Å². The van der Waals surface area contributed by atoms with Crippen LogP contribution in [0.5, 0.6) is 0 Å². The van der Waals surface area contributed by atoms with E-state index in [1.165, 1.54) is 0 Å². The first-order chi connectivity index (χ1) is 8.65. The Kier molecular flexibility index (Phi) is 3.94. The quantitative estimate of drug-likeness (QED) is 0.798. The van der Waals surface area contributed by atoms with Gasteiger partial charge in [0.2, 0.25) is 11.8 Å². The summed E-state index contributed by atoms with van der Waals surface area (Å²) < 4.78 is 5.01. The highest BCUT2D eigenvalue weighted by Crippen LogP contribution is 2.03. The standard InChI is InChI=1S/C13H16N2O3/c1-9-3-2-4-10(5-9)6-14-13(17)11-7-18-8-12(16)15-11/h2-5,11H,6-8H2,1H3,(H,14,17)(H,15,16). The van der Waals surface area contributed by atoms with Gasteiger partial charge in [0, 0.05) is 6.54 Å². The molecule has 0 radical (unpaired) electrons. The summed E-state index contributed by atoms with van der Waals surface area (Å²) in [7, 11) is 0. The lowest BCUT2D eigenvalue weighted by molar-refractivity contribution is -0.138. The van der Waals surface area contributed by atoms with E-state index in [0.717, 1.165) is 11.1 Å². The van der Waals surface area contributed by atoms with Crippen LogP contribution in [-0.4, -0.2) is 31.1 Å². The van der Waals surface area contributed by atoms with Crippen molar-refractivity contribution >= 4 is 11.8 Å². The minimum absolute atomic E-state index is 0.0294. The lowest BCUT2D eigenvalue weighted by atomic mass is 10.1. The van der Waals surface area contributed by atoms with Crippen LogP contribution < -0.4 is 10.6 Å². The van der Waals surface area contributed by atoms with E-state index in [9.17, 15) is 9.59 Å². The molecule has 0 spiro atoms. The minimum atomic E-state index is -0.587. The van der Waals surface area contributed by atoms with E-state index in [0.29, 0.717) is 6.54 Å². The highest BCUT2D eigenvalue weighted by molar-refractivity contribution is 5.89. The molecule has 1 fully saturated rings. The first-order valence-electron chi connectivity index (χ1n) is 5.85. The van der Waals surface area contributed by atoms with Crippen molar-refractivity contribution in [3.8, 4) is 0 Å². The van der Waals surface area contributed by atoms with Gasteiger partial charge in [-0.1, -0.05) is 29.8 Å². The Morgan fingerprint density at radius 2 is 2.39 bits per heavy atom. The van der Waals surface area contributed by atoms with Crippen molar-refractivity contribution in [2.75, 3.05) is 13.2 Å². The molecule has 2 amide bonds. The van der Waals surface area contributed by atoms with E-state index in [1.807, 2.05) is 31.2 Å². The summed E-state index contributed by atoms with van der Waals surface area (Å²) in [5.74, 6) is -0.471. The Morgan fingerprint density at radius 3 is 3.11 bits per heavy atom. The predicted molar refractivity (Wildman–Crippen MR) is 65.8 cm³/mol. The van der Waals surface area contributed by atoms with Gasteiger partial charge < -0.3 is 15.4 Å². The van der Waals surface area contributed by atoms with Crippen LogP contribution in [0, 0.1) is 6.92 Å². The molecule has 1 atom stereocenters. The molecule has 1 aromatic rings. The van der Waals surface area contributed by atoms with Crippen LogP contribution in [0.4, 0.5) is 0 Å². The average Bonchev–Trinajstić information content (AvgIpc) is 2.36. The van der Waals surface area contributed by atoms with E-state index < -0.39 is 6.04 Å². The number of carbonyl (C=O) groups is 2. The molecule has 1 aliphatic heterocycles. The van der Waals surface area contributed by atoms with Crippen LogP contribution in [0.25, 0.3) is 0 Å². The molecule has 1 saturated heterocycles. The number of hydrogen-bond donors (Lipinski definition) is 2. The van der Waals surface area contributed by atoms with Crippen LogP contribution in [0.3, 0.4) is 0 Å². The summed E-state index contributed by atoms with van der Waals surface area (Å²) in [5, 5.41) is 5.37. The van der Waals surface area contributed by atoms with Gasteiger partial charge in [-0.25, -0.2) is 0 Å². The lowest BCUT2D eigenvalue weighted by Crippen LogP contribution is -2.53. The number of morpholine rings is 1. The van der Waals surface area contributed by atoms with Gasteiger partial charge in [-0.3, -0.25) is 9.59 Å². The molecular weight excluding hydrogens is 232 g/mol. The molecule has 18 heavy (non-hydrogen) atoms. The van der Waals surface area contributed by atoms with Crippen LogP contribution in [0.1, 0.15) is 11.1 Å². The van der Waals surface area contributed by atoms with Gasteiger partial charge >= 0.3 is 0 Å². The zero-order valence-electron chi connectivity index (χ0n) is 10.2. The Morgan fingerprint density at radius 1 is 1.56 bits per heavy atom. The fraction of sp³-hybridized carbons (Fsp3) is 0.385. The molecule has 0 aromatic heterocycles. The highest BCUT2D eigenvalue weighted by Gasteiger charge is 2.24. The van der Waals surface area contributed by atoms with Gasteiger partial charge in [0.1, 0.15) is 12.6 Å². The number of nitrogens with one attached hydrogen (secondary N) is 2. The zero-order chi connectivity index (χ0) is 13.0. The van der Waals surface area contributed by atoms with Gasteiger partial charge in [-0.05, 0) is 12.5 Å². The molecule has 5 heteroatoms. The Balaban J connectivity index is 1.86. The van der Waals surface area contributed by atoms with Gasteiger partial charge in [0.15, 0.2) is 0 Å². The molecule has 0 bridgehead atoms. The van der Waals surface area contributed by atoms with Crippen molar-refractivity contribution < 1.29 is 14.3 Å². The maximum atomic E-state index is 11.8. The minimum Gasteiger partial charge on any atom is -0.369 e. The third-order valence-corrected chi connectivity index (χ3v) is 2.72. The van der Waals surface area contributed by atoms with E-state index in [4.69, 9.17) is 4.74 Å². The van der Waals surface area contributed by atoms with Gasteiger partial charge in [-0.2, -0.15) is 0 Å². The van der Waals surface area contributed by atoms with Crippen molar-refractivity contribution in [2.24, 2.45) is 0 Å². The molecule has 0 aliphatic carbocycles. The van der Waals surface area contributed by atoms with E-state index in [1.54, 1.807) is 0 Å². The van der Waals surface area contributed by atoms with Crippen LogP contribution in [0.2, 0.25) is 0 Å². The number of amides is 2. The van der Waals surface area contributed by atoms with Crippen LogP contribution >= 0.6 is 0 Å². The number of rotatable bonds is 3. The summed E-state index contributed by atoms with van der Waals surface area (Å²) in [6.45, 7) is 2.71. The van der Waals surface area contributed by atoms with Crippen molar-refractivity contribution in [1.82, 2.24) is 10.6 Å². The number of carbonyl (C=O) groups excluding carboxylic acids is 2. The van der Waals surface area contributed by atoms with Crippen LogP contribution in [-0.2, 0) is 20.9 Å². The first kappa shape index (κ1) is 12.6. The second kappa shape index (κ2) is 5.64. The molecule has 1 unspecified atom stereocenters. The molecule has 1 aromatic carbocycles. The van der Waals surface area contributed by atoms with Crippen molar-refractivity contribution in [1.29, 1.82) is 0 Å². The molecule has 1 aliphatic rings. The second-order valence-electron chi connectivity index (χ2n) is 4.34. The van der Waals surface area contributed by atoms with E-state index in [2.05, 4.69) is 10.6 Å². The SMILES string of the molecule is Cc1cccc(CNC(=O)C2COCC(=O)N2)c1. The number of hydrogen-bond acceptors (Lipinski definition) is 3. The normalized spacial score (nSPS) is 19.2. The van der Waals surface area contributed by atoms with Crippen molar-refractivity contribution in [3.63, 3.8) is 0 Å². The fourth-order valence-electron chi connectivity index (χ4n) is 1.82. The monoisotopic (exact) mass is 248 g/mol. The molecule has 2 N–H and O–H groups in total. The maximum absolute atomic E-state index is 11.8. The van der Waals surface area contributed by atoms with E-state index >= 15 is 0 Å². The summed E-state index contributed by atoms with van der Waals surface area (Å²) >= 11 is 0. The van der Waals surface area contributed by atoms with E-state index in [-0.39, 0.29) is 25.0 Å². The molecule has 0 saturated carbocycles. The molecule has 2 rings (SSSR count). The largest absolute Gasteiger partial charge is 0.369 e. The Bertz CT molecular complexity index is 459. The first-order valence-corrected chi connectivity index (χ1v) is 5.85. The molecule has 5 nitrogen and oxygen atoms in total. The Hall–Kier alpha value is -1.88. The number of ether oxygens (including phenoxy) is 1. The third-order valence-electron chi connectivity index (χ3n) is 2.72. The second-order valence-corrected chi connectivity index (χ2v) is 4.34. The summed E-state index contributed by atoms with van der Waals surface area (Å²) in [6, 6.07) is 7.32. The Labute approximate surface area is 106 Å². The summed E-state index contributed by atoms with van der Waals surface area (Å²) in [6.07, 6.45) is 0. The lowest BCUT2D eigenvalue weighted by Gasteiger charge is -2.22. The van der Waals surface area contributed by atoms with Crippen molar-refractivity contribution in [3.05, 3.63) is 35.4 Å². The maximum Gasteiger partial charge on any atom is 0.246 e. The summed E-state index contributed by atoms with van der Waals surface area (Å²) in [4.78, 5) is 22.9. The number of benzene rings is 1. The average molecular weight is 248 g/mol. The summed E-state index contributed by atoms with van der Waals surface area (Å²) in [5.41, 5.74) is 2.18. The molecular formula is C13H16N2O3. The van der Waals surface area contributed by atoms with Crippen molar-refractivity contribution in [2.45, 2.75) is 19.5 Å². The smallest absolute Gasteiger partial charge is 0.246 e. The van der Waals surface area contributed by atoms with Crippen LogP contribution in [0.15, 0.2) is 24.3 Å². The molecule has 1 heterocycles. The van der Waals surface area contributed by atoms with Gasteiger partial charge in [-0.15, -0.1) is 0 Å². The van der Waals surface area contributed by atoms with Gasteiger partial charge in [0.05, 0.1) is 6.61 Å². The molecule has 96 valence electrons. The van der Waals surface area contributed by atoms with Gasteiger partial charge in [0.25, 0.3) is 0 Å². The third kappa shape index (κ3) is 3.30.